The van der Waals surface area contributed by atoms with Crippen LogP contribution in [0, 0.1) is 0 Å². The molecule has 3 aromatic heterocycles. The Bertz CT molecular complexity index is 1200. The maximum atomic E-state index is 12.0. The van der Waals surface area contributed by atoms with Gasteiger partial charge in [0.15, 0.2) is 5.65 Å². The van der Waals surface area contributed by atoms with Crippen molar-refractivity contribution in [1.29, 1.82) is 0 Å². The molecule has 144 valence electrons. The van der Waals surface area contributed by atoms with E-state index in [1.54, 1.807) is 6.07 Å². The van der Waals surface area contributed by atoms with Crippen molar-refractivity contribution in [3.8, 4) is 11.3 Å². The number of H-pyrrole nitrogens is 1. The van der Waals surface area contributed by atoms with Crippen molar-refractivity contribution in [2.75, 3.05) is 12.8 Å². The molecule has 0 aliphatic carbocycles. The highest BCUT2D eigenvalue weighted by atomic mass is 16.6. The fourth-order valence-electron chi connectivity index (χ4n) is 3.19. The number of hydrogen-bond donors (Lipinski definition) is 3. The van der Waals surface area contributed by atoms with Crippen molar-refractivity contribution >= 4 is 33.7 Å². The normalized spacial score (nSPS) is 12.0. The molecule has 1 aromatic carbocycles. The summed E-state index contributed by atoms with van der Waals surface area (Å²) in [6.45, 7) is 6.16. The van der Waals surface area contributed by atoms with E-state index in [1.807, 2.05) is 22.9 Å². The number of hydrogen-bond acceptors (Lipinski definition) is 6. The van der Waals surface area contributed by atoms with Gasteiger partial charge in [0.2, 0.25) is 0 Å². The van der Waals surface area contributed by atoms with E-state index in [2.05, 4.69) is 46.0 Å². The average molecular weight is 379 g/mol. The van der Waals surface area contributed by atoms with Crippen LogP contribution in [-0.2, 0) is 10.4 Å². The first-order valence-electron chi connectivity index (χ1n) is 8.75. The van der Waals surface area contributed by atoms with Crippen molar-refractivity contribution in [1.82, 2.24) is 30.2 Å². The lowest BCUT2D eigenvalue weighted by Crippen LogP contribution is -2.23. The second-order valence-electron chi connectivity index (χ2n) is 7.51. The smallest absolute Gasteiger partial charge is 0.291 e. The Kier molecular flexibility index (Phi) is 4.04. The molecule has 0 spiro atoms. The minimum atomic E-state index is -0.347. The molecule has 0 aliphatic heterocycles. The van der Waals surface area contributed by atoms with E-state index in [-0.39, 0.29) is 11.4 Å². The number of amides is 1. The lowest BCUT2D eigenvalue weighted by molar-refractivity contribution is 0.0533. The maximum absolute atomic E-state index is 12.0. The van der Waals surface area contributed by atoms with E-state index in [0.717, 1.165) is 16.5 Å². The molecule has 28 heavy (non-hydrogen) atoms. The molecule has 4 rings (SSSR count). The number of aromatic nitrogens is 5. The summed E-state index contributed by atoms with van der Waals surface area (Å²) in [7, 11) is 1.39. The van der Waals surface area contributed by atoms with Crippen LogP contribution < -0.4 is 11.2 Å². The van der Waals surface area contributed by atoms with Gasteiger partial charge in [-0.15, -0.1) is 0 Å². The number of anilines is 1. The van der Waals surface area contributed by atoms with E-state index >= 15 is 0 Å². The second-order valence-corrected chi connectivity index (χ2v) is 7.51. The lowest BCUT2D eigenvalue weighted by atomic mass is 10.1. The maximum Gasteiger partial charge on any atom is 0.291 e. The summed E-state index contributed by atoms with van der Waals surface area (Å²) in [5.41, 5.74) is 11.6. The van der Waals surface area contributed by atoms with Gasteiger partial charge in [0.05, 0.1) is 18.0 Å². The molecular formula is C19H21N7O2. The summed E-state index contributed by atoms with van der Waals surface area (Å²) in [6, 6.07) is 7.55. The number of nitrogen functional groups attached to an aromatic ring is 1. The molecule has 9 nitrogen and oxygen atoms in total. The number of aromatic amines is 1. The Labute approximate surface area is 160 Å². The van der Waals surface area contributed by atoms with Crippen LogP contribution in [-0.4, -0.2) is 37.7 Å². The SMILES string of the molecule is CONC(=O)c1cc2ccc(-c3nn(C(C)(C)C)c4ncnc(N)c34)cc2[nH]1. The van der Waals surface area contributed by atoms with E-state index in [1.165, 1.54) is 13.4 Å². The summed E-state index contributed by atoms with van der Waals surface area (Å²) >= 11 is 0. The number of benzene rings is 1. The van der Waals surface area contributed by atoms with Gasteiger partial charge in [0.1, 0.15) is 23.5 Å². The second kappa shape index (κ2) is 6.31. The minimum absolute atomic E-state index is 0.279. The average Bonchev–Trinajstić information content (AvgIpc) is 3.23. The van der Waals surface area contributed by atoms with Crippen LogP contribution in [0.5, 0.6) is 0 Å². The zero-order chi connectivity index (χ0) is 20.1. The first kappa shape index (κ1) is 17.9. The zero-order valence-corrected chi connectivity index (χ0v) is 16.1. The van der Waals surface area contributed by atoms with Gasteiger partial charge in [-0.25, -0.2) is 20.1 Å². The molecule has 0 aliphatic rings. The first-order valence-corrected chi connectivity index (χ1v) is 8.75. The fraction of sp³-hybridized carbons (Fsp3) is 0.263. The monoisotopic (exact) mass is 379 g/mol. The van der Waals surface area contributed by atoms with Crippen LogP contribution in [0.25, 0.3) is 33.2 Å². The molecule has 0 bridgehead atoms. The first-order chi connectivity index (χ1) is 13.3. The van der Waals surface area contributed by atoms with Gasteiger partial charge < -0.3 is 10.7 Å². The highest BCUT2D eigenvalue weighted by Gasteiger charge is 2.24. The topological polar surface area (TPSA) is 124 Å². The van der Waals surface area contributed by atoms with Crippen molar-refractivity contribution < 1.29 is 9.63 Å². The molecule has 3 heterocycles. The summed E-state index contributed by atoms with van der Waals surface area (Å²) in [5, 5.41) is 6.40. The minimum Gasteiger partial charge on any atom is -0.383 e. The summed E-state index contributed by atoms with van der Waals surface area (Å²) in [5.74, 6) is 0.0302. The molecule has 0 saturated carbocycles. The quantitative estimate of drug-likeness (QED) is 0.470. The Balaban J connectivity index is 1.90. The Hall–Kier alpha value is -3.46. The third kappa shape index (κ3) is 2.85. The standard InChI is InChI=1S/C19H21N7O2/c1-19(2,3)26-17-14(16(20)21-9-22-17)15(24-26)11-6-5-10-7-13(18(27)25-28-4)23-12(10)8-11/h5-9,23H,1-4H3,(H,25,27)(H2,20,21,22). The summed E-state index contributed by atoms with van der Waals surface area (Å²) in [6.07, 6.45) is 1.44. The van der Waals surface area contributed by atoms with E-state index in [4.69, 9.17) is 10.8 Å². The van der Waals surface area contributed by atoms with Gasteiger partial charge in [-0.05, 0) is 32.9 Å². The molecule has 4 aromatic rings. The third-order valence-electron chi connectivity index (χ3n) is 4.46. The largest absolute Gasteiger partial charge is 0.383 e. The molecule has 1 amide bonds. The van der Waals surface area contributed by atoms with Crippen LogP contribution in [0.1, 0.15) is 31.3 Å². The van der Waals surface area contributed by atoms with E-state index in [0.29, 0.717) is 28.2 Å². The van der Waals surface area contributed by atoms with Gasteiger partial charge in [0.25, 0.3) is 5.91 Å². The molecule has 9 heteroatoms. The van der Waals surface area contributed by atoms with Gasteiger partial charge >= 0.3 is 0 Å². The van der Waals surface area contributed by atoms with Crippen molar-refractivity contribution in [2.45, 2.75) is 26.3 Å². The van der Waals surface area contributed by atoms with Gasteiger partial charge in [-0.1, -0.05) is 12.1 Å². The number of rotatable bonds is 3. The van der Waals surface area contributed by atoms with Crippen molar-refractivity contribution in [3.05, 3.63) is 36.3 Å². The van der Waals surface area contributed by atoms with Gasteiger partial charge in [-0.3, -0.25) is 9.63 Å². The van der Waals surface area contributed by atoms with Crippen LogP contribution in [0.3, 0.4) is 0 Å². The van der Waals surface area contributed by atoms with Crippen molar-refractivity contribution in [2.24, 2.45) is 0 Å². The van der Waals surface area contributed by atoms with Gasteiger partial charge in [0, 0.05) is 16.5 Å². The zero-order valence-electron chi connectivity index (χ0n) is 16.1. The fourth-order valence-corrected chi connectivity index (χ4v) is 3.19. The highest BCUT2D eigenvalue weighted by molar-refractivity contribution is 6.01. The van der Waals surface area contributed by atoms with Crippen LogP contribution in [0.2, 0.25) is 0 Å². The Morgan fingerprint density at radius 2 is 2.04 bits per heavy atom. The van der Waals surface area contributed by atoms with Crippen LogP contribution in [0.15, 0.2) is 30.6 Å². The number of nitrogens with two attached hydrogens (primary N) is 1. The number of carbonyl (C=O) groups is 1. The highest BCUT2D eigenvalue weighted by Crippen LogP contribution is 2.34. The number of hydroxylamine groups is 1. The number of nitrogens with one attached hydrogen (secondary N) is 2. The lowest BCUT2D eigenvalue weighted by Gasteiger charge is -2.19. The predicted octanol–water partition coefficient (Wildman–Crippen LogP) is 2.60. The Morgan fingerprint density at radius 3 is 2.75 bits per heavy atom. The molecular weight excluding hydrogens is 358 g/mol. The van der Waals surface area contributed by atoms with Crippen LogP contribution in [0.4, 0.5) is 5.82 Å². The summed E-state index contributed by atoms with van der Waals surface area (Å²) in [4.78, 5) is 28.3. The predicted molar refractivity (Wildman–Crippen MR) is 106 cm³/mol. The van der Waals surface area contributed by atoms with E-state index < -0.39 is 0 Å². The third-order valence-corrected chi connectivity index (χ3v) is 4.46. The molecule has 4 N–H and O–H groups in total. The summed E-state index contributed by atoms with van der Waals surface area (Å²) < 4.78 is 1.85. The van der Waals surface area contributed by atoms with Gasteiger partial charge in [-0.2, -0.15) is 5.10 Å². The van der Waals surface area contributed by atoms with Crippen LogP contribution >= 0.6 is 0 Å². The number of nitrogens with zero attached hydrogens (tertiary/aromatic N) is 4. The molecule has 0 saturated heterocycles. The Morgan fingerprint density at radius 1 is 1.25 bits per heavy atom. The molecule has 0 atom stereocenters. The molecule has 0 radical (unpaired) electrons. The number of carbonyl (C=O) groups excluding carboxylic acids is 1. The van der Waals surface area contributed by atoms with Crippen molar-refractivity contribution in [3.63, 3.8) is 0 Å². The van der Waals surface area contributed by atoms with E-state index in [9.17, 15) is 4.79 Å². The molecule has 0 fully saturated rings. The number of fused-ring (bicyclic) bond motifs is 2. The molecule has 0 unspecified atom stereocenters.